The van der Waals surface area contributed by atoms with Gasteiger partial charge in [0, 0.05) is 21.1 Å². The van der Waals surface area contributed by atoms with Crippen molar-refractivity contribution in [2.75, 3.05) is 73.7 Å². The minimum atomic E-state index is -0.211. The number of aliphatic hydroxyl groups is 2. The van der Waals surface area contributed by atoms with Crippen molar-refractivity contribution in [2.45, 2.75) is 13.8 Å². The van der Waals surface area contributed by atoms with Crippen LogP contribution in [0.2, 0.25) is 0 Å². The highest BCUT2D eigenvalue weighted by molar-refractivity contribution is 5.65. The van der Waals surface area contributed by atoms with Crippen LogP contribution in [0.1, 0.15) is 13.8 Å². The second-order valence-electron chi connectivity index (χ2n) is 3.58. The highest BCUT2D eigenvalue weighted by Crippen LogP contribution is 1.75. The highest BCUT2D eigenvalue weighted by atomic mass is 16.5. The van der Waals surface area contributed by atoms with E-state index in [1.54, 1.807) is 21.1 Å². The minimum absolute atomic E-state index is 0.0278. The molecule has 0 aliphatic heterocycles. The van der Waals surface area contributed by atoms with Crippen LogP contribution in [0, 0.1) is 0 Å². The molecule has 0 aromatic heterocycles. The van der Waals surface area contributed by atoms with Crippen LogP contribution < -0.4 is 0 Å². The van der Waals surface area contributed by atoms with Crippen LogP contribution in [-0.2, 0) is 28.5 Å². The zero-order valence-corrected chi connectivity index (χ0v) is 14.2. The highest BCUT2D eigenvalue weighted by Gasteiger charge is 1.84. The maximum atomic E-state index is 9.82. The fourth-order valence-corrected chi connectivity index (χ4v) is 0.821. The van der Waals surface area contributed by atoms with Gasteiger partial charge in [0.25, 0.3) is 0 Å². The van der Waals surface area contributed by atoms with Crippen molar-refractivity contribution in [2.24, 2.45) is 0 Å². The molecule has 0 saturated carbocycles. The molecule has 0 amide bonds. The van der Waals surface area contributed by atoms with E-state index < -0.39 is 0 Å². The summed E-state index contributed by atoms with van der Waals surface area (Å²) in [5, 5.41) is 16.2. The van der Waals surface area contributed by atoms with Gasteiger partial charge in [0.05, 0.1) is 59.5 Å². The number of hydrogen-bond donors (Lipinski definition) is 2. The van der Waals surface area contributed by atoms with Gasteiger partial charge in [-0.25, -0.2) is 0 Å². The molecule has 0 atom stereocenters. The molecule has 0 spiro atoms. The van der Waals surface area contributed by atoms with Crippen molar-refractivity contribution in [1.29, 1.82) is 0 Å². The molecule has 0 bridgehead atoms. The number of methoxy groups -OCH3 is 2. The number of esters is 1. The van der Waals surface area contributed by atoms with Crippen LogP contribution >= 0.6 is 0 Å². The first-order valence-electron chi connectivity index (χ1n) is 7.09. The first-order valence-corrected chi connectivity index (χ1v) is 7.09. The second-order valence-corrected chi connectivity index (χ2v) is 3.58. The van der Waals surface area contributed by atoms with Crippen molar-refractivity contribution < 1.29 is 38.7 Å². The van der Waals surface area contributed by atoms with Gasteiger partial charge in [0.15, 0.2) is 0 Å². The molecule has 0 aromatic carbocycles. The van der Waals surface area contributed by atoms with Crippen LogP contribution in [0.3, 0.4) is 0 Å². The normalized spacial score (nSPS) is 9.18. The van der Waals surface area contributed by atoms with Gasteiger partial charge < -0.3 is 33.9 Å². The van der Waals surface area contributed by atoms with Crippen molar-refractivity contribution in [3.8, 4) is 0 Å². The molecule has 0 rings (SSSR count). The molecule has 0 fully saturated rings. The van der Waals surface area contributed by atoms with Gasteiger partial charge in [-0.15, -0.1) is 0 Å². The Morgan fingerprint density at radius 3 is 1.45 bits per heavy atom. The third kappa shape index (κ3) is 42.7. The Labute approximate surface area is 133 Å². The summed E-state index contributed by atoms with van der Waals surface area (Å²) in [6.07, 6.45) is 0. The molecule has 0 unspecified atom stereocenters. The molecule has 0 radical (unpaired) electrons. The predicted molar refractivity (Wildman–Crippen MR) is 81.9 cm³/mol. The van der Waals surface area contributed by atoms with Gasteiger partial charge >= 0.3 is 5.97 Å². The van der Waals surface area contributed by atoms with Gasteiger partial charge in [-0.1, -0.05) is 0 Å². The van der Waals surface area contributed by atoms with Crippen molar-refractivity contribution in [3.63, 3.8) is 0 Å². The number of carbonyl (C=O) groups excluding carboxylic acids is 1. The zero-order valence-electron chi connectivity index (χ0n) is 14.2. The molecule has 0 aliphatic carbocycles. The lowest BCUT2D eigenvalue weighted by atomic mass is 10.7. The van der Waals surface area contributed by atoms with E-state index in [0.717, 1.165) is 0 Å². The van der Waals surface area contributed by atoms with Gasteiger partial charge in [0.1, 0.15) is 0 Å². The molecule has 8 nitrogen and oxygen atoms in total. The molecule has 22 heavy (non-hydrogen) atoms. The average Bonchev–Trinajstić information content (AvgIpc) is 2.49. The van der Waals surface area contributed by atoms with Gasteiger partial charge in [-0.2, -0.15) is 0 Å². The van der Waals surface area contributed by atoms with Crippen LogP contribution in [0.5, 0.6) is 0 Å². The summed E-state index contributed by atoms with van der Waals surface area (Å²) < 4.78 is 23.6. The summed E-state index contributed by atoms with van der Waals surface area (Å²) in [7, 11) is 3.30. The molecular formula is C14H32O8. The standard InChI is InChI=1S/C6H14O3.C4H10O3.C4H8O2/c1-7-3-5-9-6-4-8-2;5-1-3-7-4-2-6;1-3-6-4(2)5/h3-6H2,1-2H3;5-6H,1-4H2;3H2,1-2H3. The van der Waals surface area contributed by atoms with Crippen LogP contribution in [0.4, 0.5) is 0 Å². The fourth-order valence-electron chi connectivity index (χ4n) is 0.821. The maximum Gasteiger partial charge on any atom is 0.302 e. The SMILES string of the molecule is CCOC(C)=O.COCCOCCOC.OCCOCCO. The van der Waals surface area contributed by atoms with E-state index in [1.807, 2.05) is 0 Å². The van der Waals surface area contributed by atoms with Crippen LogP contribution in [-0.4, -0.2) is 89.9 Å². The predicted octanol–water partition coefficient (Wildman–Crippen LogP) is -0.147. The zero-order chi connectivity index (χ0) is 17.5. The largest absolute Gasteiger partial charge is 0.466 e. The van der Waals surface area contributed by atoms with E-state index in [9.17, 15) is 4.79 Å². The Hall–Kier alpha value is -0.770. The lowest BCUT2D eigenvalue weighted by Crippen LogP contribution is -2.06. The van der Waals surface area contributed by atoms with E-state index in [1.165, 1.54) is 6.92 Å². The summed E-state index contributed by atoms with van der Waals surface area (Å²) in [6.45, 7) is 6.97. The average molecular weight is 328 g/mol. The number of aliphatic hydroxyl groups excluding tert-OH is 2. The van der Waals surface area contributed by atoms with E-state index in [0.29, 0.717) is 46.2 Å². The smallest absolute Gasteiger partial charge is 0.302 e. The minimum Gasteiger partial charge on any atom is -0.466 e. The van der Waals surface area contributed by atoms with Crippen molar-refractivity contribution in [1.82, 2.24) is 0 Å². The number of carbonyl (C=O) groups is 1. The topological polar surface area (TPSA) is 104 Å². The fraction of sp³-hybridized carbons (Fsp3) is 0.929. The van der Waals surface area contributed by atoms with E-state index >= 15 is 0 Å². The van der Waals surface area contributed by atoms with E-state index in [2.05, 4.69) is 9.47 Å². The first-order chi connectivity index (χ1) is 10.6. The molecule has 0 saturated heterocycles. The van der Waals surface area contributed by atoms with Crippen molar-refractivity contribution in [3.05, 3.63) is 0 Å². The molecule has 136 valence electrons. The van der Waals surface area contributed by atoms with Gasteiger partial charge in [0.2, 0.25) is 0 Å². The molecule has 8 heteroatoms. The third-order valence-electron chi connectivity index (χ3n) is 1.68. The lowest BCUT2D eigenvalue weighted by Gasteiger charge is -2.00. The Bertz CT molecular complexity index is 180. The van der Waals surface area contributed by atoms with E-state index in [-0.39, 0.29) is 19.2 Å². The Kier molecular flexibility index (Phi) is 33.7. The molecule has 0 aromatic rings. The molecule has 0 heterocycles. The van der Waals surface area contributed by atoms with E-state index in [4.69, 9.17) is 24.4 Å². The summed E-state index contributed by atoms with van der Waals surface area (Å²) in [4.78, 5) is 9.82. The summed E-state index contributed by atoms with van der Waals surface area (Å²) >= 11 is 0. The molecule has 0 aliphatic rings. The second kappa shape index (κ2) is 28.4. The Morgan fingerprint density at radius 1 is 0.818 bits per heavy atom. The van der Waals surface area contributed by atoms with Crippen LogP contribution in [0.15, 0.2) is 0 Å². The van der Waals surface area contributed by atoms with Gasteiger partial charge in [-0.3, -0.25) is 4.79 Å². The van der Waals surface area contributed by atoms with Crippen LogP contribution in [0.25, 0.3) is 0 Å². The lowest BCUT2D eigenvalue weighted by molar-refractivity contribution is -0.140. The Balaban J connectivity index is -0.000000252. The first kappa shape index (κ1) is 26.1. The molecular weight excluding hydrogens is 296 g/mol. The third-order valence-corrected chi connectivity index (χ3v) is 1.68. The summed E-state index contributed by atoms with van der Waals surface area (Å²) in [5.41, 5.74) is 0. The van der Waals surface area contributed by atoms with Crippen molar-refractivity contribution >= 4 is 5.97 Å². The number of ether oxygens (including phenoxy) is 5. The quantitative estimate of drug-likeness (QED) is 0.399. The maximum absolute atomic E-state index is 9.82. The summed E-state index contributed by atoms with van der Waals surface area (Å²) in [6, 6.07) is 0. The molecule has 2 N–H and O–H groups in total. The monoisotopic (exact) mass is 328 g/mol. The number of rotatable bonds is 11. The van der Waals surface area contributed by atoms with Gasteiger partial charge in [-0.05, 0) is 6.92 Å². The summed E-state index contributed by atoms with van der Waals surface area (Å²) in [5.74, 6) is -0.211. The number of hydrogen-bond acceptors (Lipinski definition) is 8. The Morgan fingerprint density at radius 2 is 1.23 bits per heavy atom.